The number of allylic oxidation sites excluding steroid dienone is 1. The highest BCUT2D eigenvalue weighted by Crippen LogP contribution is 2.41. The summed E-state index contributed by atoms with van der Waals surface area (Å²) >= 11 is 0. The minimum Gasteiger partial charge on any atom is -0.469 e. The van der Waals surface area contributed by atoms with Crippen LogP contribution in [0.25, 0.3) is 0 Å². The Bertz CT molecular complexity index is 463. The monoisotopic (exact) mass is 299 g/mol. The number of methoxy groups -OCH3 is 2. The SMILES string of the molecule is COC(=O)/C(=C\[C@H]1C[C@H]1C(=O)OC)NC(=O)OC(C)(C)C. The Labute approximate surface area is 123 Å². The number of rotatable bonds is 4. The molecule has 1 amide bonds. The van der Waals surface area contributed by atoms with Gasteiger partial charge in [0.1, 0.15) is 11.3 Å². The highest BCUT2D eigenvalue weighted by atomic mass is 16.6. The molecule has 1 N–H and O–H groups in total. The lowest BCUT2D eigenvalue weighted by Gasteiger charge is -2.20. The van der Waals surface area contributed by atoms with E-state index in [9.17, 15) is 14.4 Å². The standard InChI is InChI=1S/C14H21NO6/c1-14(2,3)21-13(18)15-10(12(17)20-5)7-8-6-9(8)11(16)19-4/h7-9H,6H2,1-5H3,(H,15,18)/b10-7+/t8-,9-/m1/s1. The summed E-state index contributed by atoms with van der Waals surface area (Å²) in [6, 6.07) is 0. The molecule has 7 nitrogen and oxygen atoms in total. The first-order valence-electron chi connectivity index (χ1n) is 6.56. The van der Waals surface area contributed by atoms with Gasteiger partial charge in [-0.25, -0.2) is 9.59 Å². The molecule has 21 heavy (non-hydrogen) atoms. The molecule has 0 spiro atoms. The van der Waals surface area contributed by atoms with Crippen LogP contribution in [0.2, 0.25) is 0 Å². The summed E-state index contributed by atoms with van der Waals surface area (Å²) in [5, 5.41) is 2.35. The molecule has 0 aromatic heterocycles. The Morgan fingerprint density at radius 1 is 1.14 bits per heavy atom. The molecule has 0 aliphatic heterocycles. The number of esters is 2. The molecule has 1 aliphatic carbocycles. The van der Waals surface area contributed by atoms with Crippen molar-refractivity contribution in [3.05, 3.63) is 11.8 Å². The smallest absolute Gasteiger partial charge is 0.412 e. The summed E-state index contributed by atoms with van der Waals surface area (Å²) in [6.45, 7) is 5.13. The third-order valence-electron chi connectivity index (χ3n) is 2.77. The fourth-order valence-electron chi connectivity index (χ4n) is 1.72. The van der Waals surface area contributed by atoms with Gasteiger partial charge in [0.15, 0.2) is 0 Å². The normalized spacial score (nSPS) is 21.3. The van der Waals surface area contributed by atoms with Crippen molar-refractivity contribution in [2.24, 2.45) is 11.8 Å². The molecule has 1 rings (SSSR count). The summed E-state index contributed by atoms with van der Waals surface area (Å²) in [4.78, 5) is 34.7. The van der Waals surface area contributed by atoms with Gasteiger partial charge in [-0.1, -0.05) is 0 Å². The van der Waals surface area contributed by atoms with Gasteiger partial charge in [-0.3, -0.25) is 10.1 Å². The largest absolute Gasteiger partial charge is 0.469 e. The first-order valence-corrected chi connectivity index (χ1v) is 6.56. The molecule has 0 heterocycles. The van der Waals surface area contributed by atoms with E-state index in [0.717, 1.165) is 0 Å². The van der Waals surface area contributed by atoms with Crippen LogP contribution in [0.4, 0.5) is 4.79 Å². The lowest BCUT2D eigenvalue weighted by molar-refractivity contribution is -0.142. The third-order valence-corrected chi connectivity index (χ3v) is 2.77. The average Bonchev–Trinajstić information content (AvgIpc) is 3.13. The second-order valence-electron chi connectivity index (χ2n) is 5.73. The molecule has 7 heteroatoms. The predicted octanol–water partition coefficient (Wildman–Crippen LogP) is 1.38. The zero-order valence-electron chi connectivity index (χ0n) is 12.9. The molecular formula is C14H21NO6. The Kier molecular flexibility index (Phi) is 5.34. The molecule has 1 saturated carbocycles. The van der Waals surface area contributed by atoms with E-state index >= 15 is 0 Å². The number of carbonyl (C=O) groups is 3. The van der Waals surface area contributed by atoms with Crippen LogP contribution in [0.3, 0.4) is 0 Å². The summed E-state index contributed by atoms with van der Waals surface area (Å²) in [6.07, 6.45) is 1.31. The fourth-order valence-corrected chi connectivity index (χ4v) is 1.72. The van der Waals surface area contributed by atoms with E-state index < -0.39 is 17.7 Å². The highest BCUT2D eigenvalue weighted by molar-refractivity contribution is 5.92. The maximum atomic E-state index is 11.7. The van der Waals surface area contributed by atoms with E-state index in [1.165, 1.54) is 20.3 Å². The maximum Gasteiger partial charge on any atom is 0.412 e. The van der Waals surface area contributed by atoms with Crippen LogP contribution in [-0.4, -0.2) is 37.9 Å². The van der Waals surface area contributed by atoms with E-state index in [-0.39, 0.29) is 23.5 Å². The molecular weight excluding hydrogens is 278 g/mol. The predicted molar refractivity (Wildman–Crippen MR) is 73.1 cm³/mol. The van der Waals surface area contributed by atoms with Crippen molar-refractivity contribution in [3.63, 3.8) is 0 Å². The minimum atomic E-state index is -0.755. The van der Waals surface area contributed by atoms with Crippen LogP contribution in [0.15, 0.2) is 11.8 Å². The quantitative estimate of drug-likeness (QED) is 0.479. The van der Waals surface area contributed by atoms with Gasteiger partial charge in [0, 0.05) is 0 Å². The van der Waals surface area contributed by atoms with Crippen molar-refractivity contribution in [2.75, 3.05) is 14.2 Å². The molecule has 0 unspecified atom stereocenters. The van der Waals surface area contributed by atoms with Gasteiger partial charge in [-0.2, -0.15) is 0 Å². The number of alkyl carbamates (subject to hydrolysis) is 1. The lowest BCUT2D eigenvalue weighted by atomic mass is 10.2. The maximum absolute atomic E-state index is 11.7. The zero-order valence-corrected chi connectivity index (χ0v) is 12.9. The van der Waals surface area contributed by atoms with Crippen LogP contribution in [0.5, 0.6) is 0 Å². The van der Waals surface area contributed by atoms with E-state index in [1.54, 1.807) is 20.8 Å². The second-order valence-corrected chi connectivity index (χ2v) is 5.73. The summed E-state index contributed by atoms with van der Waals surface area (Å²) in [5.41, 5.74) is -0.720. The van der Waals surface area contributed by atoms with Crippen LogP contribution in [0.1, 0.15) is 27.2 Å². The minimum absolute atomic E-state index is 0.0387. The van der Waals surface area contributed by atoms with Gasteiger partial charge in [0.25, 0.3) is 0 Å². The molecule has 2 atom stereocenters. The number of nitrogens with one attached hydrogen (secondary N) is 1. The number of amides is 1. The molecule has 0 bridgehead atoms. The van der Waals surface area contributed by atoms with E-state index in [0.29, 0.717) is 6.42 Å². The number of hydrogen-bond acceptors (Lipinski definition) is 6. The van der Waals surface area contributed by atoms with Crippen LogP contribution < -0.4 is 5.32 Å². The Balaban J connectivity index is 2.72. The summed E-state index contributed by atoms with van der Waals surface area (Å²) < 4.78 is 14.3. The van der Waals surface area contributed by atoms with Gasteiger partial charge < -0.3 is 14.2 Å². The van der Waals surface area contributed by atoms with Crippen molar-refractivity contribution < 1.29 is 28.6 Å². The van der Waals surface area contributed by atoms with Crippen molar-refractivity contribution >= 4 is 18.0 Å². The van der Waals surface area contributed by atoms with Gasteiger partial charge in [-0.05, 0) is 39.2 Å². The van der Waals surface area contributed by atoms with Crippen molar-refractivity contribution in [2.45, 2.75) is 32.8 Å². The van der Waals surface area contributed by atoms with Gasteiger partial charge in [-0.15, -0.1) is 0 Å². The molecule has 118 valence electrons. The molecule has 1 fully saturated rings. The van der Waals surface area contributed by atoms with Crippen LogP contribution >= 0.6 is 0 Å². The van der Waals surface area contributed by atoms with Gasteiger partial charge >= 0.3 is 18.0 Å². The third kappa shape index (κ3) is 5.45. The first-order chi connectivity index (χ1) is 9.67. The lowest BCUT2D eigenvalue weighted by Crippen LogP contribution is -2.34. The highest BCUT2D eigenvalue weighted by Gasteiger charge is 2.43. The second kappa shape index (κ2) is 6.60. The van der Waals surface area contributed by atoms with Gasteiger partial charge in [0.2, 0.25) is 0 Å². The van der Waals surface area contributed by atoms with E-state index in [1.807, 2.05) is 0 Å². The average molecular weight is 299 g/mol. The Morgan fingerprint density at radius 2 is 1.76 bits per heavy atom. The fraction of sp³-hybridized carbons (Fsp3) is 0.643. The van der Waals surface area contributed by atoms with E-state index in [2.05, 4.69) is 14.8 Å². The van der Waals surface area contributed by atoms with Crippen molar-refractivity contribution in [1.82, 2.24) is 5.32 Å². The summed E-state index contributed by atoms with van der Waals surface area (Å²) in [5.74, 6) is -1.47. The van der Waals surface area contributed by atoms with Gasteiger partial charge in [0.05, 0.1) is 20.1 Å². The Morgan fingerprint density at radius 3 is 2.24 bits per heavy atom. The van der Waals surface area contributed by atoms with Crippen LogP contribution in [-0.2, 0) is 23.8 Å². The molecule has 0 saturated heterocycles. The molecule has 1 aliphatic rings. The number of carbonyl (C=O) groups excluding carboxylic acids is 3. The molecule has 0 aromatic rings. The van der Waals surface area contributed by atoms with Crippen LogP contribution in [0, 0.1) is 11.8 Å². The zero-order chi connectivity index (χ0) is 16.2. The topological polar surface area (TPSA) is 90.9 Å². The van der Waals surface area contributed by atoms with E-state index in [4.69, 9.17) is 4.74 Å². The Hall–Kier alpha value is -2.05. The number of hydrogen-bond donors (Lipinski definition) is 1. The summed E-state index contributed by atoms with van der Waals surface area (Å²) in [7, 11) is 2.51. The molecule has 0 radical (unpaired) electrons. The van der Waals surface area contributed by atoms with Crippen molar-refractivity contribution in [3.8, 4) is 0 Å². The number of ether oxygens (including phenoxy) is 3. The molecule has 0 aromatic carbocycles. The van der Waals surface area contributed by atoms with Crippen molar-refractivity contribution in [1.29, 1.82) is 0 Å². The first kappa shape index (κ1) is 17.0.